The highest BCUT2D eigenvalue weighted by molar-refractivity contribution is 5.98. The average Bonchev–Trinajstić information content (AvgIpc) is 2.82. The van der Waals surface area contributed by atoms with Crippen molar-refractivity contribution < 1.29 is 23.9 Å². The molecule has 0 spiro atoms. The number of hydrogen-bond acceptors (Lipinski definition) is 5. The molecule has 2 aromatic rings. The van der Waals surface area contributed by atoms with Crippen LogP contribution in [0.1, 0.15) is 33.6 Å². The van der Waals surface area contributed by atoms with Gasteiger partial charge >= 0.3 is 0 Å². The monoisotopic (exact) mass is 410 g/mol. The number of rotatable bonds is 7. The van der Waals surface area contributed by atoms with E-state index in [1.807, 2.05) is 30.3 Å². The molecule has 1 fully saturated rings. The second-order valence-corrected chi connectivity index (χ2v) is 7.17. The van der Waals surface area contributed by atoms with E-state index in [9.17, 15) is 14.4 Å². The number of ketones is 1. The van der Waals surface area contributed by atoms with Crippen LogP contribution >= 0.6 is 0 Å². The van der Waals surface area contributed by atoms with E-state index in [1.165, 1.54) is 14.2 Å². The van der Waals surface area contributed by atoms with Crippen LogP contribution in [0.25, 0.3) is 0 Å². The van der Waals surface area contributed by atoms with E-state index >= 15 is 0 Å². The van der Waals surface area contributed by atoms with Crippen molar-refractivity contribution in [1.29, 1.82) is 0 Å². The van der Waals surface area contributed by atoms with Crippen LogP contribution in [0.2, 0.25) is 0 Å². The third-order valence-corrected chi connectivity index (χ3v) is 5.29. The molecule has 1 aliphatic heterocycles. The van der Waals surface area contributed by atoms with Gasteiger partial charge in [-0.3, -0.25) is 14.4 Å². The molecule has 7 heteroatoms. The maximum absolute atomic E-state index is 12.6. The lowest BCUT2D eigenvalue weighted by atomic mass is 9.89. The first kappa shape index (κ1) is 21.4. The molecule has 3 rings (SSSR count). The van der Waals surface area contributed by atoms with Gasteiger partial charge in [0.2, 0.25) is 5.91 Å². The summed E-state index contributed by atoms with van der Waals surface area (Å²) < 4.78 is 10.3. The van der Waals surface area contributed by atoms with Gasteiger partial charge in [-0.2, -0.15) is 0 Å². The van der Waals surface area contributed by atoms with E-state index in [-0.39, 0.29) is 30.1 Å². The van der Waals surface area contributed by atoms with E-state index in [0.29, 0.717) is 48.6 Å². The minimum absolute atomic E-state index is 0.0738. The Bertz CT molecular complexity index is 883. The zero-order valence-corrected chi connectivity index (χ0v) is 17.2. The molecule has 158 valence electrons. The molecule has 1 aliphatic rings. The Kier molecular flexibility index (Phi) is 7.06. The van der Waals surface area contributed by atoms with E-state index in [2.05, 4.69) is 5.32 Å². The lowest BCUT2D eigenvalue weighted by Crippen LogP contribution is -2.45. The topological polar surface area (TPSA) is 84.9 Å². The highest BCUT2D eigenvalue weighted by atomic mass is 16.5. The Balaban J connectivity index is 1.50. The molecule has 1 heterocycles. The minimum Gasteiger partial charge on any atom is -0.497 e. The van der Waals surface area contributed by atoms with Crippen LogP contribution in [0.4, 0.5) is 0 Å². The van der Waals surface area contributed by atoms with Crippen LogP contribution < -0.4 is 14.8 Å². The van der Waals surface area contributed by atoms with Gasteiger partial charge in [-0.25, -0.2) is 0 Å². The molecule has 7 nitrogen and oxygen atoms in total. The molecular weight excluding hydrogens is 384 g/mol. The Morgan fingerprint density at radius 1 is 0.933 bits per heavy atom. The van der Waals surface area contributed by atoms with E-state index in [1.54, 1.807) is 23.1 Å². The molecular formula is C23H26N2O5. The van der Waals surface area contributed by atoms with E-state index in [4.69, 9.17) is 9.47 Å². The standard InChI is InChI=1S/C23H26N2O5/c1-29-19-12-18(13-20(14-19)30-2)23(28)24-15-21(26)25-10-8-17(9-11-25)22(27)16-6-4-3-5-7-16/h3-7,12-14,17H,8-11,15H2,1-2H3,(H,24,28). The van der Waals surface area contributed by atoms with Gasteiger partial charge in [-0.1, -0.05) is 30.3 Å². The second kappa shape index (κ2) is 9.91. The molecule has 0 aromatic heterocycles. The molecule has 0 bridgehead atoms. The third-order valence-electron chi connectivity index (χ3n) is 5.29. The quantitative estimate of drug-likeness (QED) is 0.709. The van der Waals surface area contributed by atoms with Gasteiger partial charge in [0.25, 0.3) is 5.91 Å². The number of amides is 2. The van der Waals surface area contributed by atoms with Gasteiger partial charge < -0.3 is 19.7 Å². The zero-order valence-electron chi connectivity index (χ0n) is 17.2. The average molecular weight is 410 g/mol. The van der Waals surface area contributed by atoms with E-state index in [0.717, 1.165) is 0 Å². The molecule has 2 amide bonds. The first-order valence-corrected chi connectivity index (χ1v) is 9.90. The van der Waals surface area contributed by atoms with Crippen molar-refractivity contribution in [1.82, 2.24) is 10.2 Å². The Morgan fingerprint density at radius 3 is 2.10 bits per heavy atom. The van der Waals surface area contributed by atoms with Gasteiger partial charge in [-0.05, 0) is 25.0 Å². The van der Waals surface area contributed by atoms with Crippen molar-refractivity contribution in [3.8, 4) is 11.5 Å². The van der Waals surface area contributed by atoms with Crippen LogP contribution in [-0.2, 0) is 4.79 Å². The van der Waals surface area contributed by atoms with Crippen molar-refractivity contribution in [2.75, 3.05) is 33.9 Å². The number of likely N-dealkylation sites (tertiary alicyclic amines) is 1. The number of ether oxygens (including phenoxy) is 2. The third kappa shape index (κ3) is 5.17. The molecule has 30 heavy (non-hydrogen) atoms. The number of nitrogens with one attached hydrogen (secondary N) is 1. The summed E-state index contributed by atoms with van der Waals surface area (Å²) in [6.45, 7) is 0.908. The number of carbonyl (C=O) groups is 3. The highest BCUT2D eigenvalue weighted by Crippen LogP contribution is 2.23. The normalized spacial score (nSPS) is 14.1. The Labute approximate surface area is 176 Å². The molecule has 0 radical (unpaired) electrons. The minimum atomic E-state index is -0.380. The van der Waals surface area contributed by atoms with E-state index < -0.39 is 0 Å². The SMILES string of the molecule is COc1cc(OC)cc(C(=O)NCC(=O)N2CCC(C(=O)c3ccccc3)CC2)c1. The number of carbonyl (C=O) groups excluding carboxylic acids is 3. The summed E-state index contributed by atoms with van der Waals surface area (Å²) in [6.07, 6.45) is 1.25. The number of hydrogen-bond donors (Lipinski definition) is 1. The largest absolute Gasteiger partial charge is 0.497 e. The summed E-state index contributed by atoms with van der Waals surface area (Å²) in [6, 6.07) is 14.1. The fraction of sp³-hybridized carbons (Fsp3) is 0.348. The number of benzene rings is 2. The summed E-state index contributed by atoms with van der Waals surface area (Å²) >= 11 is 0. The van der Waals surface area contributed by atoms with Crippen LogP contribution in [0.15, 0.2) is 48.5 Å². The van der Waals surface area contributed by atoms with Gasteiger partial charge in [-0.15, -0.1) is 0 Å². The van der Waals surface area contributed by atoms with Crippen LogP contribution in [0.3, 0.4) is 0 Å². The van der Waals surface area contributed by atoms with Gasteiger partial charge in [0, 0.05) is 36.2 Å². The molecule has 1 saturated heterocycles. The van der Waals surface area contributed by atoms with Gasteiger partial charge in [0.05, 0.1) is 20.8 Å². The first-order chi connectivity index (χ1) is 14.5. The molecule has 0 atom stereocenters. The number of piperidine rings is 1. The zero-order chi connectivity index (χ0) is 21.5. The van der Waals surface area contributed by atoms with Crippen molar-refractivity contribution >= 4 is 17.6 Å². The lowest BCUT2D eigenvalue weighted by molar-refractivity contribution is -0.131. The molecule has 1 N–H and O–H groups in total. The van der Waals surface area contributed by atoms with Gasteiger partial charge in [0.15, 0.2) is 5.78 Å². The van der Waals surface area contributed by atoms with Crippen molar-refractivity contribution in [3.05, 3.63) is 59.7 Å². The fourth-order valence-electron chi connectivity index (χ4n) is 3.54. The highest BCUT2D eigenvalue weighted by Gasteiger charge is 2.28. The smallest absolute Gasteiger partial charge is 0.251 e. The summed E-state index contributed by atoms with van der Waals surface area (Å²) in [5.74, 6) is 0.503. The number of nitrogens with zero attached hydrogens (tertiary/aromatic N) is 1. The summed E-state index contributed by atoms with van der Waals surface area (Å²) in [5.41, 5.74) is 1.06. The maximum Gasteiger partial charge on any atom is 0.251 e. The predicted octanol–water partition coefficient (Wildman–Crippen LogP) is 2.56. The number of methoxy groups -OCH3 is 2. The predicted molar refractivity (Wildman–Crippen MR) is 112 cm³/mol. The van der Waals surface area contributed by atoms with Gasteiger partial charge in [0.1, 0.15) is 11.5 Å². The number of Topliss-reactive ketones (excluding diaryl/α,β-unsaturated/α-hetero) is 1. The van der Waals surface area contributed by atoms with Crippen LogP contribution in [0, 0.1) is 5.92 Å². The Hall–Kier alpha value is -3.35. The van der Waals surface area contributed by atoms with Crippen molar-refractivity contribution in [3.63, 3.8) is 0 Å². The first-order valence-electron chi connectivity index (χ1n) is 9.90. The molecule has 0 aliphatic carbocycles. The molecule has 0 unspecified atom stereocenters. The summed E-state index contributed by atoms with van der Waals surface area (Å²) in [4.78, 5) is 39.2. The second-order valence-electron chi connectivity index (χ2n) is 7.17. The van der Waals surface area contributed by atoms with Crippen molar-refractivity contribution in [2.45, 2.75) is 12.8 Å². The maximum atomic E-state index is 12.6. The summed E-state index contributed by atoms with van der Waals surface area (Å²) in [7, 11) is 3.01. The molecule has 2 aromatic carbocycles. The summed E-state index contributed by atoms with van der Waals surface area (Å²) in [5, 5.41) is 2.65. The lowest BCUT2D eigenvalue weighted by Gasteiger charge is -2.31. The Morgan fingerprint density at radius 2 is 1.53 bits per heavy atom. The fourth-order valence-corrected chi connectivity index (χ4v) is 3.54. The van der Waals surface area contributed by atoms with Crippen molar-refractivity contribution in [2.24, 2.45) is 5.92 Å². The molecule has 0 saturated carbocycles. The van der Waals surface area contributed by atoms with Crippen LogP contribution in [-0.4, -0.2) is 56.4 Å². The van der Waals surface area contributed by atoms with Crippen LogP contribution in [0.5, 0.6) is 11.5 Å².